The molecule has 1 aliphatic rings. The van der Waals surface area contributed by atoms with E-state index >= 15 is 0 Å². The molecular formula is C15H20O2S2. The average molecular weight is 296 g/mol. The fourth-order valence-corrected chi connectivity index (χ4v) is 4.96. The Balaban J connectivity index is 1.85. The summed E-state index contributed by atoms with van der Waals surface area (Å²) in [6, 6.07) is 7.98. The number of ether oxygens (including phenoxy) is 1. The number of methoxy groups -OCH3 is 1. The summed E-state index contributed by atoms with van der Waals surface area (Å²) in [7, 11) is 1.66. The van der Waals surface area contributed by atoms with Crippen LogP contribution in [0.5, 0.6) is 5.75 Å². The molecule has 104 valence electrons. The molecule has 4 heteroatoms. The third kappa shape index (κ3) is 4.18. The molecule has 1 heterocycles. The highest BCUT2D eigenvalue weighted by molar-refractivity contribution is 8.07. The summed E-state index contributed by atoms with van der Waals surface area (Å²) in [5.41, 5.74) is 1.20. The van der Waals surface area contributed by atoms with Crippen molar-refractivity contribution < 1.29 is 9.53 Å². The molecule has 0 radical (unpaired) electrons. The number of carbonyl (C=O) groups excluding carboxylic acids is 1. The Morgan fingerprint density at radius 3 is 2.58 bits per heavy atom. The first-order chi connectivity index (χ1) is 9.20. The lowest BCUT2D eigenvalue weighted by molar-refractivity contribution is -0.118. The van der Waals surface area contributed by atoms with Gasteiger partial charge in [-0.1, -0.05) is 19.1 Å². The highest BCUT2D eigenvalue weighted by atomic mass is 32.2. The number of carbonyl (C=O) groups is 1. The van der Waals surface area contributed by atoms with Gasteiger partial charge in [-0.3, -0.25) is 4.79 Å². The van der Waals surface area contributed by atoms with E-state index in [2.05, 4.69) is 6.92 Å². The number of benzene rings is 1. The zero-order valence-corrected chi connectivity index (χ0v) is 13.1. The van der Waals surface area contributed by atoms with E-state index in [9.17, 15) is 4.79 Å². The van der Waals surface area contributed by atoms with Crippen LogP contribution >= 0.6 is 23.5 Å². The van der Waals surface area contributed by atoms with Crippen molar-refractivity contribution >= 4 is 29.3 Å². The summed E-state index contributed by atoms with van der Waals surface area (Å²) in [5.74, 6) is 3.55. The van der Waals surface area contributed by atoms with Crippen LogP contribution in [0.15, 0.2) is 24.3 Å². The van der Waals surface area contributed by atoms with Crippen molar-refractivity contribution in [3.8, 4) is 5.75 Å². The lowest BCUT2D eigenvalue weighted by atomic mass is 10.0. The van der Waals surface area contributed by atoms with Gasteiger partial charge < -0.3 is 4.74 Å². The summed E-state index contributed by atoms with van der Waals surface area (Å²) in [5, 5.41) is 0.652. The van der Waals surface area contributed by atoms with Gasteiger partial charge in [0.1, 0.15) is 11.5 Å². The Labute approximate surface area is 123 Å². The molecule has 0 bridgehead atoms. The number of hydrogen-bond acceptors (Lipinski definition) is 4. The van der Waals surface area contributed by atoms with Gasteiger partial charge in [0, 0.05) is 23.2 Å². The molecule has 0 aliphatic carbocycles. The fraction of sp³-hybridized carbons (Fsp3) is 0.533. The van der Waals surface area contributed by atoms with Crippen molar-refractivity contribution in [2.45, 2.75) is 30.3 Å². The number of hydrogen-bond donors (Lipinski definition) is 0. The van der Waals surface area contributed by atoms with E-state index in [4.69, 9.17) is 4.74 Å². The molecule has 1 saturated heterocycles. The van der Waals surface area contributed by atoms with Crippen molar-refractivity contribution in [1.29, 1.82) is 0 Å². The lowest BCUT2D eigenvalue weighted by Gasteiger charge is -2.26. The van der Waals surface area contributed by atoms with E-state index < -0.39 is 0 Å². The van der Waals surface area contributed by atoms with Crippen LogP contribution in [0.4, 0.5) is 0 Å². The van der Waals surface area contributed by atoms with Gasteiger partial charge in [0.05, 0.1) is 12.4 Å². The second-order valence-electron chi connectivity index (χ2n) is 4.68. The van der Waals surface area contributed by atoms with Gasteiger partial charge in [-0.2, -0.15) is 11.8 Å². The van der Waals surface area contributed by atoms with Crippen molar-refractivity contribution in [2.24, 2.45) is 0 Å². The molecule has 0 N–H and O–H groups in total. The smallest absolute Gasteiger partial charge is 0.147 e. The molecule has 2 rings (SSSR count). The topological polar surface area (TPSA) is 26.3 Å². The molecule has 0 aromatic heterocycles. The van der Waals surface area contributed by atoms with Crippen LogP contribution in [0.2, 0.25) is 0 Å². The van der Waals surface area contributed by atoms with Gasteiger partial charge >= 0.3 is 0 Å². The summed E-state index contributed by atoms with van der Waals surface area (Å²) >= 11 is 3.75. The van der Waals surface area contributed by atoms with Crippen molar-refractivity contribution in [2.75, 3.05) is 18.6 Å². The maximum Gasteiger partial charge on any atom is 0.147 e. The highest BCUT2D eigenvalue weighted by Crippen LogP contribution is 2.32. The molecule has 1 fully saturated rings. The predicted molar refractivity (Wildman–Crippen MR) is 84.5 cm³/mol. The van der Waals surface area contributed by atoms with Crippen molar-refractivity contribution in [3.63, 3.8) is 0 Å². The van der Waals surface area contributed by atoms with Crippen LogP contribution in [-0.2, 0) is 11.2 Å². The van der Waals surface area contributed by atoms with Crippen LogP contribution in [0.1, 0.15) is 18.9 Å². The molecule has 0 spiro atoms. The van der Waals surface area contributed by atoms with Gasteiger partial charge in [-0.15, -0.1) is 11.8 Å². The third-order valence-electron chi connectivity index (χ3n) is 3.32. The second kappa shape index (κ2) is 7.25. The SMILES string of the molecule is COc1ccc(CCC(=O)C2SCCSC2C)cc1. The molecule has 0 amide bonds. The number of Topliss-reactive ketones (excluding diaryl/α,β-unsaturated/α-hetero) is 1. The maximum atomic E-state index is 12.2. The molecule has 2 atom stereocenters. The number of rotatable bonds is 5. The minimum absolute atomic E-state index is 0.192. The normalized spacial score (nSPS) is 23.1. The Kier molecular flexibility index (Phi) is 5.64. The van der Waals surface area contributed by atoms with E-state index in [0.29, 0.717) is 17.5 Å². The fourth-order valence-electron chi connectivity index (χ4n) is 2.19. The van der Waals surface area contributed by atoms with E-state index in [1.165, 1.54) is 11.3 Å². The molecule has 2 nitrogen and oxygen atoms in total. The Morgan fingerprint density at radius 2 is 1.95 bits per heavy atom. The van der Waals surface area contributed by atoms with Crippen LogP contribution < -0.4 is 4.74 Å². The number of aryl methyl sites for hydroxylation is 1. The van der Waals surface area contributed by atoms with E-state index in [1.807, 2.05) is 47.8 Å². The van der Waals surface area contributed by atoms with Crippen LogP contribution in [-0.4, -0.2) is 34.9 Å². The van der Waals surface area contributed by atoms with E-state index in [1.54, 1.807) is 7.11 Å². The first kappa shape index (κ1) is 14.8. The zero-order chi connectivity index (χ0) is 13.7. The Morgan fingerprint density at radius 1 is 1.26 bits per heavy atom. The lowest BCUT2D eigenvalue weighted by Crippen LogP contribution is -2.31. The largest absolute Gasteiger partial charge is 0.497 e. The molecule has 0 saturated carbocycles. The van der Waals surface area contributed by atoms with Crippen molar-refractivity contribution in [1.82, 2.24) is 0 Å². The Bertz CT molecular complexity index is 417. The second-order valence-corrected chi connectivity index (χ2v) is 7.42. The minimum atomic E-state index is 0.192. The molecule has 2 unspecified atom stereocenters. The molecular weight excluding hydrogens is 276 g/mol. The highest BCUT2D eigenvalue weighted by Gasteiger charge is 2.28. The molecule has 19 heavy (non-hydrogen) atoms. The van der Waals surface area contributed by atoms with Gasteiger partial charge in [-0.25, -0.2) is 0 Å². The maximum absolute atomic E-state index is 12.2. The summed E-state index contributed by atoms with van der Waals surface area (Å²) in [6.07, 6.45) is 1.48. The van der Waals surface area contributed by atoms with Gasteiger partial charge in [0.25, 0.3) is 0 Å². The van der Waals surface area contributed by atoms with Crippen LogP contribution in [0.25, 0.3) is 0 Å². The van der Waals surface area contributed by atoms with Crippen LogP contribution in [0.3, 0.4) is 0 Å². The summed E-state index contributed by atoms with van der Waals surface area (Å²) in [4.78, 5) is 12.2. The number of ketones is 1. The van der Waals surface area contributed by atoms with Gasteiger partial charge in [-0.05, 0) is 24.1 Å². The average Bonchev–Trinajstić information content (AvgIpc) is 2.46. The quantitative estimate of drug-likeness (QED) is 0.831. The molecule has 1 aliphatic heterocycles. The first-order valence-corrected chi connectivity index (χ1v) is 8.69. The molecule has 1 aromatic rings. The van der Waals surface area contributed by atoms with Crippen LogP contribution in [0, 0.1) is 0 Å². The monoisotopic (exact) mass is 296 g/mol. The van der Waals surface area contributed by atoms with Gasteiger partial charge in [0.15, 0.2) is 0 Å². The standard InChI is InChI=1S/C15H20O2S2/c1-11-15(19-10-9-18-11)14(16)8-5-12-3-6-13(17-2)7-4-12/h3-4,6-7,11,15H,5,8-10H2,1-2H3. The van der Waals surface area contributed by atoms with E-state index in [-0.39, 0.29) is 5.25 Å². The summed E-state index contributed by atoms with van der Waals surface area (Å²) in [6.45, 7) is 2.17. The minimum Gasteiger partial charge on any atom is -0.497 e. The zero-order valence-electron chi connectivity index (χ0n) is 11.4. The predicted octanol–water partition coefficient (Wildman–Crippen LogP) is 3.43. The van der Waals surface area contributed by atoms with Crippen molar-refractivity contribution in [3.05, 3.63) is 29.8 Å². The number of thioether (sulfide) groups is 2. The Hall–Kier alpha value is -0.610. The molecule has 1 aromatic carbocycles. The first-order valence-electron chi connectivity index (χ1n) is 6.59. The summed E-state index contributed by atoms with van der Waals surface area (Å²) < 4.78 is 5.13. The van der Waals surface area contributed by atoms with Gasteiger partial charge in [0.2, 0.25) is 0 Å². The third-order valence-corrected chi connectivity index (χ3v) is 6.46. The van der Waals surface area contributed by atoms with E-state index in [0.717, 1.165) is 17.9 Å².